The predicted octanol–water partition coefficient (Wildman–Crippen LogP) is 2.74. The number of rotatable bonds is 4. The fourth-order valence-corrected chi connectivity index (χ4v) is 1.52. The van der Waals surface area contributed by atoms with Crippen LogP contribution in [0.4, 0.5) is 0 Å². The Bertz CT molecular complexity index is 302. The molecule has 0 aliphatic carbocycles. The van der Waals surface area contributed by atoms with Crippen molar-refractivity contribution in [3.05, 3.63) is 35.9 Å². The van der Waals surface area contributed by atoms with Crippen molar-refractivity contribution < 1.29 is 5.11 Å². The van der Waals surface area contributed by atoms with Gasteiger partial charge in [-0.2, -0.15) is 0 Å². The van der Waals surface area contributed by atoms with Crippen molar-refractivity contribution >= 4 is 0 Å². The molecule has 1 rings (SSSR count). The molecular weight excluding hydrogens is 198 g/mol. The van der Waals surface area contributed by atoms with Crippen molar-refractivity contribution in [2.24, 2.45) is 5.41 Å². The van der Waals surface area contributed by atoms with Gasteiger partial charge in [-0.3, -0.25) is 0 Å². The molecule has 0 fully saturated rings. The molecule has 2 nitrogen and oxygen atoms in total. The molecule has 0 heterocycles. The van der Waals surface area contributed by atoms with E-state index in [9.17, 15) is 5.11 Å². The summed E-state index contributed by atoms with van der Waals surface area (Å²) in [6, 6.07) is 9.86. The molecule has 0 bridgehead atoms. The molecule has 0 spiro atoms. The van der Waals surface area contributed by atoms with Crippen molar-refractivity contribution in [2.75, 3.05) is 6.54 Å². The molecule has 0 amide bonds. The molecule has 2 heteroatoms. The maximum absolute atomic E-state index is 10.1. The first-order chi connectivity index (χ1) is 7.40. The van der Waals surface area contributed by atoms with Crippen molar-refractivity contribution in [1.82, 2.24) is 5.32 Å². The van der Waals surface area contributed by atoms with Gasteiger partial charge in [0.1, 0.15) is 0 Å². The summed E-state index contributed by atoms with van der Waals surface area (Å²) in [5, 5.41) is 13.5. The highest BCUT2D eigenvalue weighted by Crippen LogP contribution is 2.17. The topological polar surface area (TPSA) is 32.3 Å². The van der Waals surface area contributed by atoms with Crippen LogP contribution in [-0.2, 0) is 0 Å². The Morgan fingerprint density at radius 1 is 1.19 bits per heavy atom. The van der Waals surface area contributed by atoms with Gasteiger partial charge in [0.2, 0.25) is 0 Å². The van der Waals surface area contributed by atoms with Gasteiger partial charge in [0.15, 0.2) is 0 Å². The summed E-state index contributed by atoms with van der Waals surface area (Å²) in [7, 11) is 0. The van der Waals surface area contributed by atoms with E-state index in [0.29, 0.717) is 0 Å². The number of aliphatic hydroxyl groups excluding tert-OH is 1. The summed E-state index contributed by atoms with van der Waals surface area (Å²) in [6.45, 7) is 9.46. The second-order valence-electron chi connectivity index (χ2n) is 5.59. The average molecular weight is 221 g/mol. The van der Waals surface area contributed by atoms with E-state index in [1.54, 1.807) is 0 Å². The van der Waals surface area contributed by atoms with Crippen molar-refractivity contribution in [2.45, 2.75) is 39.8 Å². The maximum Gasteiger partial charge on any atom is 0.0940 e. The lowest BCUT2D eigenvalue weighted by atomic mass is 9.95. The van der Waals surface area contributed by atoms with Gasteiger partial charge < -0.3 is 10.4 Å². The van der Waals surface area contributed by atoms with Gasteiger partial charge in [0.05, 0.1) is 6.10 Å². The number of hydrogen-bond donors (Lipinski definition) is 2. The molecule has 1 aromatic rings. The second-order valence-corrected chi connectivity index (χ2v) is 5.59. The van der Waals surface area contributed by atoms with Crippen LogP contribution in [0.2, 0.25) is 0 Å². The fraction of sp³-hybridized carbons (Fsp3) is 0.571. The minimum atomic E-state index is -0.441. The molecule has 0 aliphatic heterocycles. The third kappa shape index (κ3) is 4.33. The van der Waals surface area contributed by atoms with Crippen molar-refractivity contribution in [3.8, 4) is 0 Å². The largest absolute Gasteiger partial charge is 0.387 e. The summed E-state index contributed by atoms with van der Waals surface area (Å²) in [6.07, 6.45) is -0.441. The lowest BCUT2D eigenvalue weighted by Gasteiger charge is -2.26. The highest BCUT2D eigenvalue weighted by Gasteiger charge is 2.18. The SMILES string of the molecule is C[C@H](NCC(C)(C)C)[C@H](O)c1ccccc1. The Morgan fingerprint density at radius 3 is 2.25 bits per heavy atom. The van der Waals surface area contributed by atoms with Crippen molar-refractivity contribution in [1.29, 1.82) is 0 Å². The van der Waals surface area contributed by atoms with E-state index in [0.717, 1.165) is 12.1 Å². The van der Waals surface area contributed by atoms with Gasteiger partial charge in [-0.15, -0.1) is 0 Å². The zero-order chi connectivity index (χ0) is 12.2. The van der Waals surface area contributed by atoms with E-state index < -0.39 is 6.10 Å². The first-order valence-corrected chi connectivity index (χ1v) is 5.86. The molecule has 2 N–H and O–H groups in total. The van der Waals surface area contributed by atoms with E-state index in [-0.39, 0.29) is 11.5 Å². The van der Waals surface area contributed by atoms with Crippen molar-refractivity contribution in [3.63, 3.8) is 0 Å². The van der Waals surface area contributed by atoms with Crippen LogP contribution >= 0.6 is 0 Å². The Labute approximate surface area is 98.7 Å². The molecule has 0 aliphatic rings. The molecule has 90 valence electrons. The summed E-state index contributed by atoms with van der Waals surface area (Å²) < 4.78 is 0. The quantitative estimate of drug-likeness (QED) is 0.819. The van der Waals surface area contributed by atoms with Crippen LogP contribution in [0.15, 0.2) is 30.3 Å². The molecule has 0 unspecified atom stereocenters. The lowest BCUT2D eigenvalue weighted by molar-refractivity contribution is 0.130. The first kappa shape index (κ1) is 13.2. The molecule has 0 aromatic heterocycles. The molecule has 0 saturated carbocycles. The van der Waals surface area contributed by atoms with Crippen LogP contribution in [-0.4, -0.2) is 17.7 Å². The third-order valence-corrected chi connectivity index (χ3v) is 2.57. The molecule has 1 aromatic carbocycles. The number of benzene rings is 1. The smallest absolute Gasteiger partial charge is 0.0940 e. The van der Waals surface area contributed by atoms with Gasteiger partial charge in [0, 0.05) is 12.6 Å². The Morgan fingerprint density at radius 2 is 1.75 bits per heavy atom. The van der Waals surface area contributed by atoms with Crippen LogP contribution in [0.3, 0.4) is 0 Å². The van der Waals surface area contributed by atoms with Crippen LogP contribution in [0, 0.1) is 5.41 Å². The normalized spacial score (nSPS) is 15.8. The Hall–Kier alpha value is -0.860. The first-order valence-electron chi connectivity index (χ1n) is 5.86. The van der Waals surface area contributed by atoms with E-state index in [4.69, 9.17) is 0 Å². The maximum atomic E-state index is 10.1. The summed E-state index contributed by atoms with van der Waals surface area (Å²) in [4.78, 5) is 0. The second kappa shape index (κ2) is 5.46. The number of aliphatic hydroxyl groups is 1. The summed E-state index contributed by atoms with van der Waals surface area (Å²) in [5.41, 5.74) is 1.21. The minimum absolute atomic E-state index is 0.0709. The van der Waals surface area contributed by atoms with Gasteiger partial charge >= 0.3 is 0 Å². The zero-order valence-corrected chi connectivity index (χ0v) is 10.7. The molecule has 0 saturated heterocycles. The lowest BCUT2D eigenvalue weighted by Crippen LogP contribution is -2.37. The van der Waals surface area contributed by atoms with Gasteiger partial charge in [0.25, 0.3) is 0 Å². The summed E-state index contributed by atoms with van der Waals surface area (Å²) >= 11 is 0. The van der Waals surface area contributed by atoms with Gasteiger partial charge in [-0.1, -0.05) is 51.1 Å². The third-order valence-electron chi connectivity index (χ3n) is 2.57. The van der Waals surface area contributed by atoms with E-state index in [2.05, 4.69) is 26.1 Å². The number of hydrogen-bond acceptors (Lipinski definition) is 2. The van der Waals surface area contributed by atoms with E-state index in [1.807, 2.05) is 37.3 Å². The highest BCUT2D eigenvalue weighted by atomic mass is 16.3. The molecule has 2 atom stereocenters. The molecule has 0 radical (unpaired) electrons. The molecular formula is C14H23NO. The Kier molecular flexibility index (Phi) is 4.51. The fourth-order valence-electron chi connectivity index (χ4n) is 1.52. The van der Waals surface area contributed by atoms with E-state index >= 15 is 0 Å². The van der Waals surface area contributed by atoms with Crippen LogP contribution in [0.1, 0.15) is 39.4 Å². The van der Waals surface area contributed by atoms with Crippen LogP contribution < -0.4 is 5.32 Å². The van der Waals surface area contributed by atoms with Gasteiger partial charge in [-0.25, -0.2) is 0 Å². The minimum Gasteiger partial charge on any atom is -0.387 e. The predicted molar refractivity (Wildman–Crippen MR) is 68.3 cm³/mol. The van der Waals surface area contributed by atoms with Gasteiger partial charge in [-0.05, 0) is 17.9 Å². The standard InChI is InChI=1S/C14H23NO/c1-11(15-10-14(2,3)4)13(16)12-8-6-5-7-9-12/h5-9,11,13,15-16H,10H2,1-4H3/t11-,13-/m0/s1. The average Bonchev–Trinajstić information content (AvgIpc) is 2.25. The molecule has 16 heavy (non-hydrogen) atoms. The van der Waals surface area contributed by atoms with Crippen LogP contribution in [0.5, 0.6) is 0 Å². The Balaban J connectivity index is 2.52. The van der Waals surface area contributed by atoms with Crippen LogP contribution in [0.25, 0.3) is 0 Å². The van der Waals surface area contributed by atoms with E-state index in [1.165, 1.54) is 0 Å². The highest BCUT2D eigenvalue weighted by molar-refractivity contribution is 5.18. The zero-order valence-electron chi connectivity index (χ0n) is 10.7. The number of nitrogens with one attached hydrogen (secondary N) is 1. The summed E-state index contributed by atoms with van der Waals surface area (Å²) in [5.74, 6) is 0. The monoisotopic (exact) mass is 221 g/mol.